The number of halogens is 1. The van der Waals surface area contributed by atoms with Gasteiger partial charge in [0.2, 0.25) is 0 Å². The smallest absolute Gasteiger partial charge is 0.123 e. The van der Waals surface area contributed by atoms with Crippen LogP contribution in [-0.2, 0) is 12.8 Å². The molecule has 0 fully saturated rings. The summed E-state index contributed by atoms with van der Waals surface area (Å²) in [6.45, 7) is 4.92. The van der Waals surface area contributed by atoms with Gasteiger partial charge in [-0.25, -0.2) is 4.39 Å². The van der Waals surface area contributed by atoms with E-state index in [-0.39, 0.29) is 11.9 Å². The second-order valence-corrected chi connectivity index (χ2v) is 6.67. The zero-order valence-electron chi connectivity index (χ0n) is 12.0. The van der Waals surface area contributed by atoms with Crippen LogP contribution in [0.4, 0.5) is 4.39 Å². The molecule has 2 aromatic rings. The van der Waals surface area contributed by atoms with Gasteiger partial charge in [-0.3, -0.25) is 0 Å². The molecule has 106 valence electrons. The minimum Gasteiger partial charge on any atom is -0.306 e. The molecule has 1 atom stereocenters. The van der Waals surface area contributed by atoms with Crippen molar-refractivity contribution < 1.29 is 4.39 Å². The van der Waals surface area contributed by atoms with Crippen LogP contribution in [0.5, 0.6) is 0 Å². The predicted octanol–water partition coefficient (Wildman–Crippen LogP) is 4.38. The van der Waals surface area contributed by atoms with Gasteiger partial charge in [0, 0.05) is 9.75 Å². The lowest BCUT2D eigenvalue weighted by Crippen LogP contribution is -2.21. The molecule has 1 aromatic heterocycles. The van der Waals surface area contributed by atoms with Crippen molar-refractivity contribution in [3.63, 3.8) is 0 Å². The van der Waals surface area contributed by atoms with Crippen LogP contribution >= 0.6 is 11.3 Å². The lowest BCUT2D eigenvalue weighted by molar-refractivity contribution is 0.605. The number of rotatable bonds is 4. The third-order valence-electron chi connectivity index (χ3n) is 3.86. The van der Waals surface area contributed by atoms with Gasteiger partial charge in [0.15, 0.2) is 0 Å². The Labute approximate surface area is 123 Å². The third kappa shape index (κ3) is 2.65. The van der Waals surface area contributed by atoms with Crippen LogP contribution in [0, 0.1) is 12.7 Å². The number of nitrogens with one attached hydrogen (secondary N) is 1. The molecule has 0 bridgehead atoms. The molecule has 1 aromatic carbocycles. The highest BCUT2D eigenvalue weighted by atomic mass is 32.1. The molecule has 3 rings (SSSR count). The Morgan fingerprint density at radius 1 is 1.25 bits per heavy atom. The van der Waals surface area contributed by atoms with Crippen LogP contribution in [0.25, 0.3) is 0 Å². The van der Waals surface area contributed by atoms with Gasteiger partial charge in [0.25, 0.3) is 0 Å². The summed E-state index contributed by atoms with van der Waals surface area (Å²) < 4.78 is 13.7. The summed E-state index contributed by atoms with van der Waals surface area (Å²) >= 11 is 1.89. The maximum absolute atomic E-state index is 13.7. The lowest BCUT2D eigenvalue weighted by atomic mass is 10.0. The summed E-state index contributed by atoms with van der Waals surface area (Å²) in [5, 5.41) is 3.50. The molecular formula is C17H20FNS. The summed E-state index contributed by atoms with van der Waals surface area (Å²) in [6, 6.07) is 7.76. The van der Waals surface area contributed by atoms with Crippen molar-refractivity contribution in [3.8, 4) is 0 Å². The number of aryl methyl sites for hydroxylation is 3. The highest BCUT2D eigenvalue weighted by Gasteiger charge is 2.21. The molecule has 0 aliphatic heterocycles. The molecule has 0 spiro atoms. The van der Waals surface area contributed by atoms with E-state index in [1.165, 1.54) is 34.6 Å². The number of benzene rings is 1. The lowest BCUT2D eigenvalue weighted by Gasteiger charge is -2.18. The number of fused-ring (bicyclic) bond motifs is 1. The summed E-state index contributed by atoms with van der Waals surface area (Å²) in [5.41, 5.74) is 3.51. The van der Waals surface area contributed by atoms with Crippen molar-refractivity contribution in [2.24, 2.45) is 0 Å². The summed E-state index contributed by atoms with van der Waals surface area (Å²) in [4.78, 5) is 2.84. The van der Waals surface area contributed by atoms with Crippen molar-refractivity contribution in [3.05, 3.63) is 56.5 Å². The van der Waals surface area contributed by atoms with Gasteiger partial charge in [-0.15, -0.1) is 11.3 Å². The van der Waals surface area contributed by atoms with Crippen molar-refractivity contribution in [2.75, 3.05) is 6.54 Å². The number of hydrogen-bond acceptors (Lipinski definition) is 2. The molecule has 1 aliphatic carbocycles. The minimum absolute atomic E-state index is 0.116. The quantitative estimate of drug-likeness (QED) is 0.880. The standard InChI is InChI=1S/C17H20FNS/c1-3-19-17(13-7-11(2)8-14(18)9-13)16-10-12-5-4-6-15(12)20-16/h7-10,17,19H,3-6H2,1-2H3. The Morgan fingerprint density at radius 2 is 2.10 bits per heavy atom. The molecule has 1 aliphatic rings. The zero-order chi connectivity index (χ0) is 14.1. The largest absolute Gasteiger partial charge is 0.306 e. The second kappa shape index (κ2) is 5.66. The first-order chi connectivity index (χ1) is 9.67. The van der Waals surface area contributed by atoms with E-state index in [2.05, 4.69) is 24.4 Å². The van der Waals surface area contributed by atoms with Crippen molar-refractivity contribution in [1.29, 1.82) is 0 Å². The monoisotopic (exact) mass is 289 g/mol. The summed E-state index contributed by atoms with van der Waals surface area (Å²) in [6.07, 6.45) is 3.69. The van der Waals surface area contributed by atoms with E-state index in [1.54, 1.807) is 12.1 Å². The van der Waals surface area contributed by atoms with E-state index in [9.17, 15) is 4.39 Å². The van der Waals surface area contributed by atoms with E-state index in [4.69, 9.17) is 0 Å². The van der Waals surface area contributed by atoms with Crippen LogP contribution in [0.2, 0.25) is 0 Å². The predicted molar refractivity (Wildman–Crippen MR) is 83.0 cm³/mol. The first-order valence-electron chi connectivity index (χ1n) is 7.29. The van der Waals surface area contributed by atoms with E-state index in [0.717, 1.165) is 17.7 Å². The molecule has 0 amide bonds. The molecule has 20 heavy (non-hydrogen) atoms. The molecular weight excluding hydrogens is 269 g/mol. The topological polar surface area (TPSA) is 12.0 Å². The maximum Gasteiger partial charge on any atom is 0.123 e. The second-order valence-electron chi connectivity index (χ2n) is 5.50. The van der Waals surface area contributed by atoms with Gasteiger partial charge in [0.1, 0.15) is 5.82 Å². The molecule has 0 saturated carbocycles. The maximum atomic E-state index is 13.7. The fourth-order valence-corrected chi connectivity index (χ4v) is 4.37. The average molecular weight is 289 g/mol. The van der Waals surface area contributed by atoms with Gasteiger partial charge in [-0.2, -0.15) is 0 Å². The summed E-state index contributed by atoms with van der Waals surface area (Å²) in [7, 11) is 0. The zero-order valence-corrected chi connectivity index (χ0v) is 12.8. The van der Waals surface area contributed by atoms with Crippen molar-refractivity contribution in [2.45, 2.75) is 39.2 Å². The highest BCUT2D eigenvalue weighted by molar-refractivity contribution is 7.12. The fraction of sp³-hybridized carbons (Fsp3) is 0.412. The van der Waals surface area contributed by atoms with Crippen LogP contribution < -0.4 is 5.32 Å². The Balaban J connectivity index is 1.98. The molecule has 0 radical (unpaired) electrons. The van der Waals surface area contributed by atoms with Gasteiger partial charge in [-0.05, 0) is 67.6 Å². The first-order valence-corrected chi connectivity index (χ1v) is 8.11. The molecule has 1 nitrogen and oxygen atoms in total. The van der Waals surface area contributed by atoms with Gasteiger partial charge >= 0.3 is 0 Å². The molecule has 1 heterocycles. The van der Waals surface area contributed by atoms with Crippen LogP contribution in [0.3, 0.4) is 0 Å². The SMILES string of the molecule is CCNC(c1cc(C)cc(F)c1)c1cc2c(s1)CCC2. The Morgan fingerprint density at radius 3 is 2.80 bits per heavy atom. The Hall–Kier alpha value is -1.19. The Bertz CT molecular complexity index is 576. The van der Waals surface area contributed by atoms with E-state index in [1.807, 2.05) is 18.3 Å². The van der Waals surface area contributed by atoms with Crippen LogP contribution in [0.1, 0.15) is 45.8 Å². The van der Waals surface area contributed by atoms with Crippen molar-refractivity contribution >= 4 is 11.3 Å². The van der Waals surface area contributed by atoms with Gasteiger partial charge in [-0.1, -0.05) is 13.0 Å². The summed E-state index contributed by atoms with van der Waals surface area (Å²) in [5.74, 6) is -0.146. The third-order valence-corrected chi connectivity index (χ3v) is 5.16. The molecule has 3 heteroatoms. The Kier molecular flexibility index (Phi) is 3.90. The van der Waals surface area contributed by atoms with Crippen LogP contribution in [0.15, 0.2) is 24.3 Å². The molecule has 0 saturated heterocycles. The highest BCUT2D eigenvalue weighted by Crippen LogP contribution is 2.36. The number of thiophene rings is 1. The normalized spacial score (nSPS) is 15.3. The van der Waals surface area contributed by atoms with E-state index >= 15 is 0 Å². The minimum atomic E-state index is -0.146. The first kappa shape index (κ1) is 13.8. The van der Waals surface area contributed by atoms with Gasteiger partial charge in [0.05, 0.1) is 6.04 Å². The van der Waals surface area contributed by atoms with E-state index in [0.29, 0.717) is 0 Å². The molecule has 1 unspecified atom stereocenters. The number of hydrogen-bond donors (Lipinski definition) is 1. The average Bonchev–Trinajstić information content (AvgIpc) is 2.95. The fourth-order valence-electron chi connectivity index (χ4n) is 3.01. The van der Waals surface area contributed by atoms with Gasteiger partial charge < -0.3 is 5.32 Å². The van der Waals surface area contributed by atoms with Crippen LogP contribution in [-0.4, -0.2) is 6.54 Å². The van der Waals surface area contributed by atoms with Crippen molar-refractivity contribution in [1.82, 2.24) is 5.32 Å². The van der Waals surface area contributed by atoms with E-state index < -0.39 is 0 Å². The molecule has 1 N–H and O–H groups in total.